The summed E-state index contributed by atoms with van der Waals surface area (Å²) in [5.74, 6) is -0.735. The molecule has 1 aliphatic carbocycles. The van der Waals surface area contributed by atoms with E-state index in [1.54, 1.807) is 11.5 Å². The van der Waals surface area contributed by atoms with Crippen LogP contribution in [0.1, 0.15) is 80.5 Å². The summed E-state index contributed by atoms with van der Waals surface area (Å²) in [5, 5.41) is 21.0. The SMILES string of the molecule is C=CCN(CC1CC(c2ccc(CO)cc2)OC(c2cccc(NC(=O)CCCC(=O)NO)c2)O1)C1CCCC1. The van der Waals surface area contributed by atoms with Gasteiger partial charge < -0.3 is 19.9 Å². The van der Waals surface area contributed by atoms with Gasteiger partial charge in [-0.2, -0.15) is 0 Å². The number of anilines is 1. The van der Waals surface area contributed by atoms with Crippen LogP contribution in [0.2, 0.25) is 0 Å². The number of ether oxygens (including phenoxy) is 2. The van der Waals surface area contributed by atoms with E-state index < -0.39 is 12.2 Å². The molecular weight excluding hydrogens is 510 g/mol. The van der Waals surface area contributed by atoms with Crippen molar-refractivity contribution in [1.82, 2.24) is 10.4 Å². The first kappa shape index (κ1) is 29.9. The third kappa shape index (κ3) is 8.46. The molecule has 2 fully saturated rings. The minimum atomic E-state index is -0.625. The summed E-state index contributed by atoms with van der Waals surface area (Å²) in [5.41, 5.74) is 4.87. The standard InChI is InChI=1S/C31H41N3O6/c1-2-17-34(26-9-3-4-10-26)20-27-19-28(23-15-13-22(21-35)14-16-23)40-31(39-27)24-7-5-8-25(18-24)32-29(36)11-6-12-30(37)33-38/h2,5,7-8,13-16,18,26-28,31,35,38H,1,3-4,6,9-12,17,19-21H2,(H,32,36)(H,33,37). The Kier molecular flexibility index (Phi) is 11.3. The molecule has 1 saturated heterocycles. The van der Waals surface area contributed by atoms with Crippen LogP contribution in [0.25, 0.3) is 0 Å². The molecule has 0 bridgehead atoms. The summed E-state index contributed by atoms with van der Waals surface area (Å²) in [6.45, 7) is 5.56. The van der Waals surface area contributed by atoms with Crippen molar-refractivity contribution in [1.29, 1.82) is 0 Å². The maximum absolute atomic E-state index is 12.4. The van der Waals surface area contributed by atoms with Crippen molar-refractivity contribution in [2.45, 2.75) is 82.5 Å². The van der Waals surface area contributed by atoms with Crippen LogP contribution < -0.4 is 10.8 Å². The van der Waals surface area contributed by atoms with Crippen molar-refractivity contribution >= 4 is 17.5 Å². The summed E-state index contributed by atoms with van der Waals surface area (Å²) < 4.78 is 13.0. The normalized spacial score (nSPS) is 21.3. The Morgan fingerprint density at radius 1 is 1.02 bits per heavy atom. The van der Waals surface area contributed by atoms with Gasteiger partial charge in [-0.15, -0.1) is 6.58 Å². The van der Waals surface area contributed by atoms with Gasteiger partial charge in [0.25, 0.3) is 0 Å². The molecule has 216 valence electrons. The molecule has 2 amide bonds. The second-order valence-corrected chi connectivity index (χ2v) is 10.6. The third-order valence-electron chi connectivity index (χ3n) is 7.63. The molecule has 3 atom stereocenters. The monoisotopic (exact) mass is 551 g/mol. The van der Waals surface area contributed by atoms with Crippen LogP contribution in [0.15, 0.2) is 61.2 Å². The molecule has 0 radical (unpaired) electrons. The van der Waals surface area contributed by atoms with Crippen LogP contribution in [0.4, 0.5) is 5.69 Å². The smallest absolute Gasteiger partial charge is 0.243 e. The van der Waals surface area contributed by atoms with Crippen molar-refractivity contribution in [3.05, 3.63) is 77.9 Å². The number of hydrogen-bond acceptors (Lipinski definition) is 7. The largest absolute Gasteiger partial charge is 0.392 e. The molecular formula is C31H41N3O6. The zero-order valence-corrected chi connectivity index (χ0v) is 23.0. The molecule has 1 saturated carbocycles. The van der Waals surface area contributed by atoms with Gasteiger partial charge in [0, 0.05) is 49.6 Å². The fraction of sp³-hybridized carbons (Fsp3) is 0.484. The number of carbonyl (C=O) groups is 2. The van der Waals surface area contributed by atoms with E-state index in [0.717, 1.165) is 29.8 Å². The molecule has 0 aromatic heterocycles. The highest BCUT2D eigenvalue weighted by Crippen LogP contribution is 2.39. The Morgan fingerprint density at radius 2 is 1.77 bits per heavy atom. The molecule has 4 rings (SSSR count). The van der Waals surface area contributed by atoms with Crippen molar-refractivity contribution < 1.29 is 29.4 Å². The van der Waals surface area contributed by atoms with Crippen molar-refractivity contribution in [3.8, 4) is 0 Å². The number of hydrogen-bond donors (Lipinski definition) is 4. The summed E-state index contributed by atoms with van der Waals surface area (Å²) in [6, 6.07) is 15.8. The van der Waals surface area contributed by atoms with Gasteiger partial charge in [-0.25, -0.2) is 5.48 Å². The fourth-order valence-corrected chi connectivity index (χ4v) is 5.55. The van der Waals surface area contributed by atoms with E-state index in [-0.39, 0.29) is 37.6 Å². The molecule has 9 heteroatoms. The van der Waals surface area contributed by atoms with Gasteiger partial charge >= 0.3 is 0 Å². The topological polar surface area (TPSA) is 120 Å². The predicted molar refractivity (Wildman–Crippen MR) is 151 cm³/mol. The highest BCUT2D eigenvalue weighted by molar-refractivity contribution is 5.91. The van der Waals surface area contributed by atoms with Gasteiger partial charge in [0.15, 0.2) is 6.29 Å². The molecule has 2 aromatic rings. The number of amides is 2. The Morgan fingerprint density at radius 3 is 2.48 bits per heavy atom. The lowest BCUT2D eigenvalue weighted by Crippen LogP contribution is -2.43. The lowest BCUT2D eigenvalue weighted by atomic mass is 9.99. The molecule has 2 aliphatic rings. The molecule has 4 N–H and O–H groups in total. The van der Waals surface area contributed by atoms with Gasteiger partial charge in [-0.05, 0) is 42.5 Å². The van der Waals surface area contributed by atoms with Gasteiger partial charge in [0.05, 0.1) is 18.8 Å². The van der Waals surface area contributed by atoms with Crippen molar-refractivity contribution in [3.63, 3.8) is 0 Å². The van der Waals surface area contributed by atoms with E-state index in [0.29, 0.717) is 24.6 Å². The van der Waals surface area contributed by atoms with Gasteiger partial charge in [-0.3, -0.25) is 19.7 Å². The minimum absolute atomic E-state index is 0.00872. The molecule has 40 heavy (non-hydrogen) atoms. The van der Waals surface area contributed by atoms with Crippen LogP contribution in [-0.4, -0.2) is 52.3 Å². The highest BCUT2D eigenvalue weighted by Gasteiger charge is 2.34. The number of aliphatic hydroxyl groups excluding tert-OH is 1. The third-order valence-corrected chi connectivity index (χ3v) is 7.63. The Bertz CT molecular complexity index is 1120. The number of nitrogens with zero attached hydrogens (tertiary/aromatic N) is 1. The summed E-state index contributed by atoms with van der Waals surface area (Å²) in [4.78, 5) is 26.1. The van der Waals surface area contributed by atoms with E-state index in [2.05, 4.69) is 16.8 Å². The first-order valence-corrected chi connectivity index (χ1v) is 14.2. The Labute approximate surface area is 236 Å². The number of rotatable bonds is 13. The van der Waals surface area contributed by atoms with Crippen LogP contribution in [-0.2, 0) is 25.7 Å². The van der Waals surface area contributed by atoms with Crippen molar-refractivity contribution in [2.75, 3.05) is 18.4 Å². The molecule has 2 aromatic carbocycles. The molecule has 1 heterocycles. The van der Waals surface area contributed by atoms with Crippen LogP contribution in [0, 0.1) is 0 Å². The predicted octanol–water partition coefficient (Wildman–Crippen LogP) is 4.77. The first-order chi connectivity index (χ1) is 19.5. The van der Waals surface area contributed by atoms with E-state index >= 15 is 0 Å². The number of hydroxylamine groups is 1. The molecule has 1 aliphatic heterocycles. The van der Waals surface area contributed by atoms with Crippen LogP contribution in [0.5, 0.6) is 0 Å². The average Bonchev–Trinajstić information content (AvgIpc) is 3.52. The average molecular weight is 552 g/mol. The lowest BCUT2D eigenvalue weighted by Gasteiger charge is -2.39. The summed E-state index contributed by atoms with van der Waals surface area (Å²) >= 11 is 0. The van der Waals surface area contributed by atoms with E-state index in [9.17, 15) is 14.7 Å². The zero-order chi connectivity index (χ0) is 28.3. The van der Waals surface area contributed by atoms with E-state index in [1.165, 1.54) is 25.7 Å². The summed E-state index contributed by atoms with van der Waals surface area (Å²) in [7, 11) is 0. The second kappa shape index (κ2) is 15.1. The summed E-state index contributed by atoms with van der Waals surface area (Å²) in [6.07, 6.45) is 7.22. The number of benzene rings is 2. The fourth-order valence-electron chi connectivity index (χ4n) is 5.55. The minimum Gasteiger partial charge on any atom is -0.392 e. The molecule has 0 spiro atoms. The molecule has 3 unspecified atom stereocenters. The van der Waals surface area contributed by atoms with Crippen molar-refractivity contribution in [2.24, 2.45) is 0 Å². The number of carbonyl (C=O) groups excluding carboxylic acids is 2. The number of aliphatic hydroxyl groups is 1. The number of nitrogens with one attached hydrogen (secondary N) is 2. The quantitative estimate of drug-likeness (QED) is 0.161. The molecule has 9 nitrogen and oxygen atoms in total. The van der Waals surface area contributed by atoms with Gasteiger partial charge in [0.2, 0.25) is 11.8 Å². The van der Waals surface area contributed by atoms with Gasteiger partial charge in [0.1, 0.15) is 0 Å². The first-order valence-electron chi connectivity index (χ1n) is 14.2. The zero-order valence-electron chi connectivity index (χ0n) is 23.0. The van der Waals surface area contributed by atoms with E-state index in [1.807, 2.05) is 48.5 Å². The maximum Gasteiger partial charge on any atom is 0.243 e. The maximum atomic E-state index is 12.4. The van der Waals surface area contributed by atoms with Gasteiger partial charge in [-0.1, -0.05) is 55.3 Å². The second-order valence-electron chi connectivity index (χ2n) is 10.6. The van der Waals surface area contributed by atoms with Crippen LogP contribution in [0.3, 0.4) is 0 Å². The van der Waals surface area contributed by atoms with Crippen LogP contribution >= 0.6 is 0 Å². The highest BCUT2D eigenvalue weighted by atomic mass is 16.7. The Hall–Kier alpha value is -3.08. The lowest BCUT2D eigenvalue weighted by molar-refractivity contribution is -0.253. The Balaban J connectivity index is 1.49. The van der Waals surface area contributed by atoms with E-state index in [4.69, 9.17) is 14.7 Å².